The van der Waals surface area contributed by atoms with Crippen LogP contribution in [0.25, 0.3) is 10.9 Å². The molecule has 1 saturated carbocycles. The molecule has 8 nitrogen and oxygen atoms in total. The number of likely N-dealkylation sites (tertiary alicyclic amines) is 1. The highest BCUT2D eigenvalue weighted by Gasteiger charge is 2.31. The number of carbonyl (C=O) groups is 1. The number of hydrogen-bond acceptors (Lipinski definition) is 6. The van der Waals surface area contributed by atoms with Crippen LogP contribution in [0, 0.1) is 11.8 Å². The van der Waals surface area contributed by atoms with E-state index in [1.807, 2.05) is 6.07 Å². The summed E-state index contributed by atoms with van der Waals surface area (Å²) < 4.78 is 53.3. The number of ether oxygens (including phenoxy) is 2. The summed E-state index contributed by atoms with van der Waals surface area (Å²) in [7, 11) is 4.84. The van der Waals surface area contributed by atoms with Crippen LogP contribution >= 0.6 is 0 Å². The molecule has 0 spiro atoms. The van der Waals surface area contributed by atoms with E-state index in [0.717, 1.165) is 62.7 Å². The Morgan fingerprint density at radius 3 is 2.56 bits per heavy atom. The van der Waals surface area contributed by atoms with Crippen LogP contribution in [0.1, 0.15) is 54.6 Å². The fourth-order valence-electron chi connectivity index (χ4n) is 6.56. The highest BCUT2D eigenvalue weighted by molar-refractivity contribution is 5.95. The average Bonchev–Trinajstić information content (AvgIpc) is 3.39. The van der Waals surface area contributed by atoms with Crippen LogP contribution in [-0.4, -0.2) is 80.6 Å². The van der Waals surface area contributed by atoms with Gasteiger partial charge in [0.25, 0.3) is 5.91 Å². The number of aromatic nitrogens is 1. The molecule has 2 aromatic carbocycles. The number of methoxy groups -OCH3 is 2. The van der Waals surface area contributed by atoms with Gasteiger partial charge in [0.15, 0.2) is 0 Å². The molecule has 242 valence electrons. The molecule has 3 aromatic rings. The van der Waals surface area contributed by atoms with E-state index in [1.165, 1.54) is 11.7 Å². The van der Waals surface area contributed by atoms with E-state index in [-0.39, 0.29) is 18.5 Å². The van der Waals surface area contributed by atoms with Crippen molar-refractivity contribution in [3.05, 3.63) is 53.7 Å². The summed E-state index contributed by atoms with van der Waals surface area (Å²) in [5.41, 5.74) is 2.68. The lowest BCUT2D eigenvalue weighted by atomic mass is 9.88. The molecule has 0 radical (unpaired) electrons. The zero-order chi connectivity index (χ0) is 32.0. The number of rotatable bonds is 9. The average molecular weight is 626 g/mol. The van der Waals surface area contributed by atoms with Crippen molar-refractivity contribution >= 4 is 28.2 Å². The van der Waals surface area contributed by atoms with Gasteiger partial charge in [-0.3, -0.25) is 9.69 Å². The summed E-state index contributed by atoms with van der Waals surface area (Å²) in [6.07, 6.45) is 2.37. The predicted octanol–water partition coefficient (Wildman–Crippen LogP) is 5.87. The van der Waals surface area contributed by atoms with Crippen molar-refractivity contribution in [2.75, 3.05) is 51.5 Å². The van der Waals surface area contributed by atoms with Gasteiger partial charge in [-0.15, -0.1) is 0 Å². The Balaban J connectivity index is 1.30. The highest BCUT2D eigenvalue weighted by atomic mass is 19.4. The second-order valence-corrected chi connectivity index (χ2v) is 11.8. The Morgan fingerprint density at radius 1 is 1.04 bits per heavy atom. The van der Waals surface area contributed by atoms with Crippen molar-refractivity contribution in [3.63, 3.8) is 0 Å². The van der Waals surface area contributed by atoms with Gasteiger partial charge in [0.1, 0.15) is 12.3 Å². The Kier molecular flexibility index (Phi) is 10.5. The normalized spacial score (nSPS) is 20.7. The second-order valence-electron chi connectivity index (χ2n) is 11.8. The number of amides is 1. The smallest absolute Gasteiger partial charge is 0.406 e. The summed E-state index contributed by atoms with van der Waals surface area (Å²) in [5, 5.41) is 10.1. The van der Waals surface area contributed by atoms with Crippen LogP contribution in [-0.2, 0) is 11.3 Å². The van der Waals surface area contributed by atoms with Crippen LogP contribution in [0.3, 0.4) is 0 Å². The highest BCUT2D eigenvalue weighted by Crippen LogP contribution is 2.33. The van der Waals surface area contributed by atoms with Crippen molar-refractivity contribution in [3.8, 4) is 17.6 Å². The molecule has 11 heteroatoms. The number of hydrogen-bond donors (Lipinski definition) is 3. The number of nitrogens with zero attached hydrogens (tertiary/aromatic N) is 2. The first-order valence-corrected chi connectivity index (χ1v) is 15.5. The molecular formula is C34H42F3N5O3. The Hall–Kier alpha value is -3.88. The summed E-state index contributed by atoms with van der Waals surface area (Å²) in [5.74, 6) is 6.14. The van der Waals surface area contributed by atoms with Gasteiger partial charge in [-0.05, 0) is 87.4 Å². The molecule has 1 saturated heterocycles. The Labute approximate surface area is 262 Å². The molecule has 0 bridgehead atoms. The maximum Gasteiger partial charge on any atom is 0.406 e. The minimum absolute atomic E-state index is 0.166. The van der Waals surface area contributed by atoms with Gasteiger partial charge in [-0.25, -0.2) is 0 Å². The van der Waals surface area contributed by atoms with E-state index in [1.54, 1.807) is 50.6 Å². The second kappa shape index (κ2) is 14.5. The molecule has 2 fully saturated rings. The molecule has 2 aliphatic rings. The van der Waals surface area contributed by atoms with Crippen molar-refractivity contribution in [2.24, 2.45) is 0 Å². The van der Waals surface area contributed by atoms with E-state index in [9.17, 15) is 18.0 Å². The van der Waals surface area contributed by atoms with Crippen LogP contribution < -0.4 is 20.7 Å². The topological polar surface area (TPSA) is 79.8 Å². The molecule has 1 unspecified atom stereocenters. The number of benzene rings is 2. The van der Waals surface area contributed by atoms with Gasteiger partial charge in [0, 0.05) is 49.4 Å². The third-order valence-corrected chi connectivity index (χ3v) is 8.87. The Morgan fingerprint density at radius 2 is 1.84 bits per heavy atom. The molecule has 1 atom stereocenters. The van der Waals surface area contributed by atoms with Gasteiger partial charge in [-0.1, -0.05) is 12.0 Å². The fraction of sp³-hybridized carbons (Fsp3) is 0.500. The van der Waals surface area contributed by atoms with E-state index in [4.69, 9.17) is 9.47 Å². The first-order chi connectivity index (χ1) is 21.7. The monoisotopic (exact) mass is 625 g/mol. The summed E-state index contributed by atoms with van der Waals surface area (Å²) in [4.78, 5) is 14.5. The standard InChI is InChI=1S/C34H42F3N5O3/c1-38-33(43)23-11-16-30(32(19-23)45-3)39-17-5-7-26-20-28-29(9-4-10-31(28)42(26)22-34(35,36)37)40-24-12-14-25(15-13-24)41-18-6-8-27(21-41)44-2/h4,9-11,16,19-20,24-25,27,39-40H,6,8,12-15,17-18,21-22H2,1-3H3,(H,38,43). The number of nitrogens with one attached hydrogen (secondary N) is 3. The zero-order valence-corrected chi connectivity index (χ0v) is 26.1. The lowest BCUT2D eigenvalue weighted by Crippen LogP contribution is -2.47. The maximum absolute atomic E-state index is 13.7. The first-order valence-electron chi connectivity index (χ1n) is 15.5. The largest absolute Gasteiger partial charge is 0.495 e. The van der Waals surface area contributed by atoms with Crippen molar-refractivity contribution in [1.82, 2.24) is 14.8 Å². The summed E-state index contributed by atoms with van der Waals surface area (Å²) in [6.45, 7) is 1.14. The van der Waals surface area contributed by atoms with Gasteiger partial charge >= 0.3 is 6.18 Å². The van der Waals surface area contributed by atoms with Gasteiger partial charge < -0.3 is 30.0 Å². The van der Waals surface area contributed by atoms with E-state index < -0.39 is 12.7 Å². The van der Waals surface area contributed by atoms with Gasteiger partial charge in [0.05, 0.1) is 36.7 Å². The molecular weight excluding hydrogens is 583 g/mol. The third-order valence-electron chi connectivity index (χ3n) is 8.87. The number of halogens is 3. The zero-order valence-electron chi connectivity index (χ0n) is 26.1. The quantitative estimate of drug-likeness (QED) is 0.258. The van der Waals surface area contributed by atoms with E-state index in [2.05, 4.69) is 32.7 Å². The summed E-state index contributed by atoms with van der Waals surface area (Å²) >= 11 is 0. The van der Waals surface area contributed by atoms with Crippen LogP contribution in [0.5, 0.6) is 5.75 Å². The molecule has 2 heterocycles. The minimum Gasteiger partial charge on any atom is -0.495 e. The predicted molar refractivity (Wildman–Crippen MR) is 171 cm³/mol. The lowest BCUT2D eigenvalue weighted by molar-refractivity contribution is -0.140. The van der Waals surface area contributed by atoms with Crippen LogP contribution in [0.2, 0.25) is 0 Å². The third kappa shape index (κ3) is 8.05. The number of fused-ring (bicyclic) bond motifs is 1. The van der Waals surface area contributed by atoms with Crippen molar-refractivity contribution in [1.29, 1.82) is 0 Å². The van der Waals surface area contributed by atoms with Gasteiger partial charge in [0.2, 0.25) is 0 Å². The van der Waals surface area contributed by atoms with Crippen molar-refractivity contribution in [2.45, 2.75) is 69.4 Å². The molecule has 1 aliphatic heterocycles. The number of anilines is 2. The van der Waals surface area contributed by atoms with E-state index >= 15 is 0 Å². The summed E-state index contributed by atoms with van der Waals surface area (Å²) in [6, 6.07) is 13.0. The van der Waals surface area contributed by atoms with Crippen LogP contribution in [0.4, 0.5) is 24.5 Å². The number of carbonyl (C=O) groups excluding carboxylic acids is 1. The molecule has 1 amide bonds. The van der Waals surface area contributed by atoms with Gasteiger partial charge in [-0.2, -0.15) is 13.2 Å². The number of piperidine rings is 1. The first kappa shape index (κ1) is 32.5. The van der Waals surface area contributed by atoms with E-state index in [0.29, 0.717) is 40.4 Å². The molecule has 45 heavy (non-hydrogen) atoms. The van der Waals surface area contributed by atoms with Crippen molar-refractivity contribution < 1.29 is 27.4 Å². The molecule has 1 aliphatic carbocycles. The fourth-order valence-corrected chi connectivity index (χ4v) is 6.56. The minimum atomic E-state index is -4.40. The lowest BCUT2D eigenvalue weighted by Gasteiger charge is -2.41. The molecule has 1 aromatic heterocycles. The SMILES string of the molecule is CNC(=O)c1ccc(NCC#Cc2cc3c(NC4CCC(N5CCCC(OC)C5)CC4)cccc3n2CC(F)(F)F)c(OC)c1. The molecule has 5 rings (SSSR count). The maximum atomic E-state index is 13.7. The van der Waals surface area contributed by atoms with Crippen LogP contribution in [0.15, 0.2) is 42.5 Å². The number of alkyl halides is 3. The molecule has 3 N–H and O–H groups in total. The Bertz CT molecular complexity index is 1540.